The quantitative estimate of drug-likeness (QED) is 0.348. The monoisotopic (exact) mass is 415 g/mol. The van der Waals surface area contributed by atoms with E-state index in [4.69, 9.17) is 4.74 Å². The van der Waals surface area contributed by atoms with Crippen molar-refractivity contribution in [3.8, 4) is 6.07 Å². The lowest BCUT2D eigenvalue weighted by Crippen LogP contribution is -2.28. The number of ether oxygens (including phenoxy) is 1. The number of ketones is 1. The van der Waals surface area contributed by atoms with Crippen LogP contribution in [-0.4, -0.2) is 11.8 Å². The first kappa shape index (κ1) is 22.5. The summed E-state index contributed by atoms with van der Waals surface area (Å²) in [7, 11) is 0. The van der Waals surface area contributed by atoms with Crippen molar-refractivity contribution in [2.45, 2.75) is 58.0 Å². The fourth-order valence-corrected chi connectivity index (χ4v) is 4.00. The van der Waals surface area contributed by atoms with Crippen LogP contribution in [0.4, 0.5) is 0 Å². The fraction of sp³-hybridized carbons (Fsp3) is 0.370. The molecule has 160 valence electrons. The van der Waals surface area contributed by atoms with Crippen LogP contribution in [0, 0.1) is 16.7 Å². The zero-order valence-corrected chi connectivity index (χ0v) is 18.0. The lowest BCUT2D eigenvalue weighted by molar-refractivity contribution is -0.143. The Labute approximate surface area is 184 Å². The van der Waals surface area contributed by atoms with Gasteiger partial charge in [0.25, 0.3) is 0 Å². The molecular formula is C27H29NO3. The summed E-state index contributed by atoms with van der Waals surface area (Å²) < 4.78 is 5.91. The predicted octanol–water partition coefficient (Wildman–Crippen LogP) is 6.09. The van der Waals surface area contributed by atoms with Crippen LogP contribution in [0.3, 0.4) is 0 Å². The summed E-state index contributed by atoms with van der Waals surface area (Å²) in [6.45, 7) is 2.12. The summed E-state index contributed by atoms with van der Waals surface area (Å²) in [5.74, 6) is -0.526. The highest BCUT2D eigenvalue weighted by molar-refractivity contribution is 5.95. The number of esters is 1. The molecule has 0 saturated carbocycles. The first-order valence-corrected chi connectivity index (χ1v) is 11.0. The van der Waals surface area contributed by atoms with E-state index in [0.29, 0.717) is 12.0 Å². The third-order valence-electron chi connectivity index (χ3n) is 5.89. The molecule has 0 radical (unpaired) electrons. The number of Topliss-reactive ketones (excluding diaryl/α,β-unsaturated/α-hetero) is 1. The molecule has 0 unspecified atom stereocenters. The molecule has 1 aliphatic rings. The lowest BCUT2D eigenvalue weighted by Gasteiger charge is -2.21. The zero-order valence-electron chi connectivity index (χ0n) is 18.0. The van der Waals surface area contributed by atoms with Crippen LogP contribution in [0.15, 0.2) is 72.3 Å². The number of nitrogens with zero attached hydrogens (tertiary/aromatic N) is 1. The molecule has 0 saturated heterocycles. The summed E-state index contributed by atoms with van der Waals surface area (Å²) in [6, 6.07) is 21.4. The Morgan fingerprint density at radius 1 is 1.00 bits per heavy atom. The van der Waals surface area contributed by atoms with Gasteiger partial charge in [-0.15, -0.1) is 0 Å². The van der Waals surface area contributed by atoms with Gasteiger partial charge in [0.2, 0.25) is 0 Å². The van der Waals surface area contributed by atoms with Gasteiger partial charge in [0.1, 0.15) is 5.41 Å². The van der Waals surface area contributed by atoms with Gasteiger partial charge in [0, 0.05) is 18.4 Å². The number of allylic oxidation sites excluding steroid dienone is 1. The molecule has 3 rings (SSSR count). The van der Waals surface area contributed by atoms with E-state index in [-0.39, 0.29) is 18.6 Å². The number of rotatable bonds is 10. The second kappa shape index (κ2) is 10.7. The summed E-state index contributed by atoms with van der Waals surface area (Å²) in [5.41, 5.74) is 1.04. The molecule has 0 aromatic heterocycles. The summed E-state index contributed by atoms with van der Waals surface area (Å²) in [4.78, 5) is 25.8. The highest BCUT2D eigenvalue weighted by Crippen LogP contribution is 2.40. The van der Waals surface area contributed by atoms with Crippen molar-refractivity contribution in [3.63, 3.8) is 0 Å². The zero-order chi connectivity index (χ0) is 22.1. The Hall–Kier alpha value is -3.19. The smallest absolute Gasteiger partial charge is 0.334 e. The SMILES string of the molecule is CCCCCCC(=O)[C@]1(C#N)CC=C(C(=O)OC(c2ccccc2)c2ccccc2)C1. The van der Waals surface area contributed by atoms with Gasteiger partial charge < -0.3 is 4.74 Å². The van der Waals surface area contributed by atoms with E-state index in [9.17, 15) is 14.9 Å². The standard InChI is InChI=1S/C27H29NO3/c1-2-3-4-11-16-24(29)27(20-28)18-17-23(19-27)26(30)31-25(21-12-7-5-8-13-21)22-14-9-6-10-15-22/h5-10,12-15,17,25H,2-4,11,16,18-19H2,1H3/t27-/m1/s1. The summed E-state index contributed by atoms with van der Waals surface area (Å²) >= 11 is 0. The molecule has 0 aliphatic heterocycles. The molecule has 1 atom stereocenters. The third kappa shape index (κ3) is 5.49. The Morgan fingerprint density at radius 2 is 1.61 bits per heavy atom. The van der Waals surface area contributed by atoms with Gasteiger partial charge in [-0.1, -0.05) is 92.9 Å². The Bertz CT molecular complexity index is 919. The van der Waals surface area contributed by atoms with Crippen LogP contribution in [-0.2, 0) is 14.3 Å². The topological polar surface area (TPSA) is 67.2 Å². The van der Waals surface area contributed by atoms with Crippen molar-refractivity contribution in [1.29, 1.82) is 5.26 Å². The fourth-order valence-electron chi connectivity index (χ4n) is 4.00. The normalized spacial score (nSPS) is 17.8. The number of carbonyl (C=O) groups is 2. The molecule has 0 spiro atoms. The number of nitriles is 1. The minimum atomic E-state index is -1.13. The molecule has 1 aliphatic carbocycles. The van der Waals surface area contributed by atoms with Crippen LogP contribution in [0.1, 0.15) is 69.1 Å². The largest absolute Gasteiger partial charge is 0.449 e. The lowest BCUT2D eigenvalue weighted by atomic mass is 9.79. The minimum absolute atomic E-state index is 0.0622. The van der Waals surface area contributed by atoms with Crippen molar-refractivity contribution < 1.29 is 14.3 Å². The van der Waals surface area contributed by atoms with E-state index in [0.717, 1.165) is 36.8 Å². The molecule has 31 heavy (non-hydrogen) atoms. The maximum Gasteiger partial charge on any atom is 0.334 e. The van der Waals surface area contributed by atoms with Gasteiger partial charge in [0.15, 0.2) is 11.9 Å². The van der Waals surface area contributed by atoms with Gasteiger partial charge >= 0.3 is 5.97 Å². The van der Waals surface area contributed by atoms with Crippen molar-refractivity contribution >= 4 is 11.8 Å². The van der Waals surface area contributed by atoms with Gasteiger partial charge in [-0.3, -0.25) is 4.79 Å². The molecule has 2 aromatic carbocycles. The van der Waals surface area contributed by atoms with Gasteiger partial charge in [0.05, 0.1) is 6.07 Å². The van der Waals surface area contributed by atoms with E-state index in [1.165, 1.54) is 0 Å². The Kier molecular flexibility index (Phi) is 7.78. The predicted molar refractivity (Wildman–Crippen MR) is 120 cm³/mol. The van der Waals surface area contributed by atoms with Gasteiger partial charge in [-0.2, -0.15) is 5.26 Å². The van der Waals surface area contributed by atoms with E-state index >= 15 is 0 Å². The first-order chi connectivity index (χ1) is 15.1. The average molecular weight is 416 g/mol. The van der Waals surface area contributed by atoms with Crippen molar-refractivity contribution in [2.24, 2.45) is 5.41 Å². The maximum atomic E-state index is 13.0. The van der Waals surface area contributed by atoms with E-state index in [1.807, 2.05) is 60.7 Å². The third-order valence-corrected chi connectivity index (χ3v) is 5.89. The molecule has 0 bridgehead atoms. The molecule has 0 heterocycles. The minimum Gasteiger partial charge on any atom is -0.449 e. The van der Waals surface area contributed by atoms with Crippen LogP contribution in [0.5, 0.6) is 0 Å². The second-order valence-electron chi connectivity index (χ2n) is 8.14. The summed E-state index contributed by atoms with van der Waals surface area (Å²) in [6.07, 6.45) is 5.93. The van der Waals surface area contributed by atoms with Crippen molar-refractivity contribution in [3.05, 3.63) is 83.4 Å². The number of benzene rings is 2. The van der Waals surface area contributed by atoms with Crippen LogP contribution in [0.2, 0.25) is 0 Å². The molecule has 0 N–H and O–H groups in total. The van der Waals surface area contributed by atoms with E-state index in [1.54, 1.807) is 6.08 Å². The number of unbranched alkanes of at least 4 members (excludes halogenated alkanes) is 3. The average Bonchev–Trinajstić information content (AvgIpc) is 3.27. The molecule has 0 fully saturated rings. The highest BCUT2D eigenvalue weighted by Gasteiger charge is 2.43. The van der Waals surface area contributed by atoms with Crippen molar-refractivity contribution in [1.82, 2.24) is 0 Å². The van der Waals surface area contributed by atoms with Gasteiger partial charge in [-0.05, 0) is 24.0 Å². The number of carbonyl (C=O) groups excluding carboxylic acids is 2. The number of hydrogen-bond donors (Lipinski definition) is 0. The Morgan fingerprint density at radius 3 is 2.16 bits per heavy atom. The van der Waals surface area contributed by atoms with Crippen LogP contribution in [0.25, 0.3) is 0 Å². The van der Waals surface area contributed by atoms with E-state index in [2.05, 4.69) is 13.0 Å². The molecule has 2 aromatic rings. The van der Waals surface area contributed by atoms with Crippen molar-refractivity contribution in [2.75, 3.05) is 0 Å². The molecular weight excluding hydrogens is 386 g/mol. The van der Waals surface area contributed by atoms with E-state index < -0.39 is 17.5 Å². The second-order valence-corrected chi connectivity index (χ2v) is 8.14. The Balaban J connectivity index is 1.71. The van der Waals surface area contributed by atoms with Gasteiger partial charge in [-0.25, -0.2) is 4.79 Å². The summed E-state index contributed by atoms with van der Waals surface area (Å²) in [5, 5.41) is 9.77. The molecule has 4 nitrogen and oxygen atoms in total. The first-order valence-electron chi connectivity index (χ1n) is 11.0. The highest BCUT2D eigenvalue weighted by atomic mass is 16.5. The molecule has 0 amide bonds. The molecule has 4 heteroatoms. The van der Waals surface area contributed by atoms with Crippen LogP contribution >= 0.6 is 0 Å². The maximum absolute atomic E-state index is 13.0. The van der Waals surface area contributed by atoms with Crippen LogP contribution < -0.4 is 0 Å². The number of hydrogen-bond acceptors (Lipinski definition) is 4.